The van der Waals surface area contributed by atoms with Crippen molar-refractivity contribution < 1.29 is 9.47 Å². The van der Waals surface area contributed by atoms with Crippen LogP contribution in [0.25, 0.3) is 0 Å². The van der Waals surface area contributed by atoms with E-state index in [0.717, 1.165) is 12.8 Å². The molecule has 2 fully saturated rings. The Hall–Kier alpha value is -1.12. The molecule has 0 aromatic heterocycles. The van der Waals surface area contributed by atoms with E-state index in [1.807, 2.05) is 7.11 Å². The highest BCUT2D eigenvalue weighted by Crippen LogP contribution is 2.67. The molecule has 2 saturated carbocycles. The van der Waals surface area contributed by atoms with Gasteiger partial charge in [0.05, 0.1) is 18.3 Å². The Morgan fingerprint density at radius 1 is 1.08 bits per heavy atom. The molecule has 0 aliphatic heterocycles. The summed E-state index contributed by atoms with van der Waals surface area (Å²) in [6.07, 6.45) is 10.1. The minimum atomic E-state index is -0.118. The van der Waals surface area contributed by atoms with E-state index in [4.69, 9.17) is 9.47 Å². The Bertz CT molecular complexity index is 633. The molecule has 0 amide bonds. The molecule has 4 rings (SSSR count). The van der Waals surface area contributed by atoms with Crippen molar-refractivity contribution in [1.29, 1.82) is 0 Å². The number of methoxy groups -OCH3 is 1. The van der Waals surface area contributed by atoms with Crippen LogP contribution in [0.3, 0.4) is 0 Å². The Kier molecular flexibility index (Phi) is 3.89. The zero-order valence-corrected chi connectivity index (χ0v) is 15.3. The predicted molar refractivity (Wildman–Crippen MR) is 96.8 cm³/mol. The number of rotatable bonds is 4. The van der Waals surface area contributed by atoms with Crippen LogP contribution in [-0.4, -0.2) is 18.8 Å². The van der Waals surface area contributed by atoms with E-state index in [9.17, 15) is 0 Å². The zero-order valence-electron chi connectivity index (χ0n) is 15.3. The minimum Gasteiger partial charge on any atom is -0.375 e. The maximum absolute atomic E-state index is 6.59. The van der Waals surface area contributed by atoms with Crippen molar-refractivity contribution in [3.8, 4) is 0 Å². The first-order chi connectivity index (χ1) is 11.5. The SMILES string of the molecule is CO[C@@]12CC[C@]3(CCCC=C3C(C)(C)[C@H]1OCc1ccccc1)C2. The Balaban J connectivity index is 1.67. The predicted octanol–water partition coefficient (Wildman–Crippen LogP) is 5.28. The molecule has 1 spiro atoms. The van der Waals surface area contributed by atoms with Gasteiger partial charge in [0, 0.05) is 12.5 Å². The first-order valence-electron chi connectivity index (χ1n) is 9.44. The maximum Gasteiger partial charge on any atom is 0.0957 e. The third-order valence-electron chi connectivity index (χ3n) is 6.94. The van der Waals surface area contributed by atoms with E-state index in [-0.39, 0.29) is 17.1 Å². The van der Waals surface area contributed by atoms with Crippen molar-refractivity contribution in [2.75, 3.05) is 7.11 Å². The van der Waals surface area contributed by atoms with Gasteiger partial charge in [0.1, 0.15) is 0 Å². The highest BCUT2D eigenvalue weighted by atomic mass is 16.5. The molecule has 2 bridgehead atoms. The molecule has 1 aromatic carbocycles. The van der Waals surface area contributed by atoms with Crippen LogP contribution in [0.1, 0.15) is 57.9 Å². The Labute approximate surface area is 146 Å². The second-order valence-corrected chi connectivity index (χ2v) is 8.63. The largest absolute Gasteiger partial charge is 0.375 e. The van der Waals surface area contributed by atoms with Gasteiger partial charge in [0.2, 0.25) is 0 Å². The quantitative estimate of drug-likeness (QED) is 0.701. The van der Waals surface area contributed by atoms with Crippen molar-refractivity contribution in [2.24, 2.45) is 10.8 Å². The van der Waals surface area contributed by atoms with E-state index >= 15 is 0 Å². The lowest BCUT2D eigenvalue weighted by molar-refractivity contribution is -0.185. The summed E-state index contributed by atoms with van der Waals surface area (Å²) in [7, 11) is 1.89. The number of benzene rings is 1. The van der Waals surface area contributed by atoms with Crippen molar-refractivity contribution in [1.82, 2.24) is 0 Å². The topological polar surface area (TPSA) is 18.5 Å². The van der Waals surface area contributed by atoms with Crippen LogP contribution in [0.2, 0.25) is 0 Å². The maximum atomic E-state index is 6.59. The molecule has 0 radical (unpaired) electrons. The van der Waals surface area contributed by atoms with Gasteiger partial charge < -0.3 is 9.47 Å². The van der Waals surface area contributed by atoms with Crippen molar-refractivity contribution in [3.05, 3.63) is 47.5 Å². The average molecular weight is 326 g/mol. The molecular formula is C22H30O2. The summed E-state index contributed by atoms with van der Waals surface area (Å²) < 4.78 is 12.8. The lowest BCUT2D eigenvalue weighted by atomic mass is 9.54. The third-order valence-corrected chi connectivity index (χ3v) is 6.94. The zero-order chi connectivity index (χ0) is 16.8. The minimum absolute atomic E-state index is 0.0416. The van der Waals surface area contributed by atoms with E-state index in [2.05, 4.69) is 50.3 Å². The normalized spacial score (nSPS) is 37.0. The lowest BCUT2D eigenvalue weighted by Gasteiger charge is -2.55. The van der Waals surface area contributed by atoms with Gasteiger partial charge in [-0.3, -0.25) is 0 Å². The summed E-state index contributed by atoms with van der Waals surface area (Å²) in [5.41, 5.74) is 3.20. The van der Waals surface area contributed by atoms with Gasteiger partial charge in [-0.2, -0.15) is 0 Å². The van der Waals surface area contributed by atoms with Crippen LogP contribution >= 0.6 is 0 Å². The van der Waals surface area contributed by atoms with E-state index in [1.54, 1.807) is 5.57 Å². The van der Waals surface area contributed by atoms with Gasteiger partial charge >= 0.3 is 0 Å². The first-order valence-corrected chi connectivity index (χ1v) is 9.44. The van der Waals surface area contributed by atoms with Crippen LogP contribution < -0.4 is 0 Å². The Morgan fingerprint density at radius 2 is 1.88 bits per heavy atom. The van der Waals surface area contributed by atoms with Gasteiger partial charge in [0.15, 0.2) is 0 Å². The highest BCUT2D eigenvalue weighted by molar-refractivity contribution is 5.35. The summed E-state index contributed by atoms with van der Waals surface area (Å²) in [5.74, 6) is 0. The molecule has 24 heavy (non-hydrogen) atoms. The standard InChI is InChI=1S/C22H30O2/c1-20(2)18-11-7-8-12-21(18)13-14-22(16-21,23-3)19(20)24-15-17-9-5-4-6-10-17/h4-6,9-11,19H,7-8,12-16H2,1-3H3/t19-,21-,22-/m1/s1. The molecule has 1 aromatic rings. The van der Waals surface area contributed by atoms with Crippen molar-refractivity contribution in [3.63, 3.8) is 0 Å². The fraction of sp³-hybridized carbons (Fsp3) is 0.636. The molecule has 3 atom stereocenters. The summed E-state index contributed by atoms with van der Waals surface area (Å²) in [6, 6.07) is 10.5. The van der Waals surface area contributed by atoms with Crippen LogP contribution in [-0.2, 0) is 16.1 Å². The number of ether oxygens (including phenoxy) is 2. The van der Waals surface area contributed by atoms with Crippen LogP contribution in [0.5, 0.6) is 0 Å². The Morgan fingerprint density at radius 3 is 2.62 bits per heavy atom. The molecule has 2 nitrogen and oxygen atoms in total. The van der Waals surface area contributed by atoms with Gasteiger partial charge in [0.25, 0.3) is 0 Å². The highest BCUT2D eigenvalue weighted by Gasteiger charge is 2.65. The molecule has 2 heteroatoms. The second kappa shape index (κ2) is 5.71. The van der Waals surface area contributed by atoms with Gasteiger partial charge in [-0.05, 0) is 49.5 Å². The first kappa shape index (κ1) is 16.4. The number of hydrogen-bond acceptors (Lipinski definition) is 2. The number of fused-ring (bicyclic) bond motifs is 1. The fourth-order valence-electron chi connectivity index (χ4n) is 6.05. The summed E-state index contributed by atoms with van der Waals surface area (Å²) in [6.45, 7) is 5.43. The molecule has 0 unspecified atom stereocenters. The third kappa shape index (κ3) is 2.30. The molecule has 0 heterocycles. The molecule has 0 N–H and O–H groups in total. The van der Waals surface area contributed by atoms with E-state index in [0.29, 0.717) is 12.0 Å². The van der Waals surface area contributed by atoms with E-state index < -0.39 is 0 Å². The molecule has 0 saturated heterocycles. The van der Waals surface area contributed by atoms with Crippen LogP contribution in [0.15, 0.2) is 42.0 Å². The lowest BCUT2D eigenvalue weighted by Crippen LogP contribution is -2.58. The van der Waals surface area contributed by atoms with Crippen LogP contribution in [0.4, 0.5) is 0 Å². The van der Waals surface area contributed by atoms with Crippen molar-refractivity contribution >= 4 is 0 Å². The second-order valence-electron chi connectivity index (χ2n) is 8.63. The average Bonchev–Trinajstić information content (AvgIpc) is 2.92. The summed E-state index contributed by atoms with van der Waals surface area (Å²) >= 11 is 0. The van der Waals surface area contributed by atoms with Gasteiger partial charge in [-0.1, -0.05) is 55.8 Å². The van der Waals surface area contributed by atoms with Gasteiger partial charge in [-0.25, -0.2) is 0 Å². The monoisotopic (exact) mass is 326 g/mol. The summed E-state index contributed by atoms with van der Waals surface area (Å²) in [5, 5.41) is 0. The van der Waals surface area contributed by atoms with Crippen LogP contribution in [0, 0.1) is 10.8 Å². The fourth-order valence-corrected chi connectivity index (χ4v) is 6.05. The summed E-state index contributed by atoms with van der Waals surface area (Å²) in [4.78, 5) is 0. The molecular weight excluding hydrogens is 296 g/mol. The number of allylic oxidation sites excluding steroid dienone is 1. The molecule has 130 valence electrons. The number of hydrogen-bond donors (Lipinski definition) is 0. The smallest absolute Gasteiger partial charge is 0.0957 e. The molecule has 3 aliphatic carbocycles. The molecule has 3 aliphatic rings. The van der Waals surface area contributed by atoms with Crippen molar-refractivity contribution in [2.45, 2.75) is 70.7 Å². The van der Waals surface area contributed by atoms with E-state index in [1.165, 1.54) is 31.2 Å². The van der Waals surface area contributed by atoms with Gasteiger partial charge in [-0.15, -0.1) is 0 Å².